The normalized spacial score (nSPS) is 12.3. The van der Waals surface area contributed by atoms with Crippen LogP contribution in [0.25, 0.3) is 11.1 Å². The van der Waals surface area contributed by atoms with Crippen molar-refractivity contribution in [1.82, 2.24) is 0 Å². The summed E-state index contributed by atoms with van der Waals surface area (Å²) in [6, 6.07) is 24.6. The standard InChI is InChI=1S/C41H52O5/c1-7-9-10-11-32-12-14-33(15-13-32)16-17-34-20-23-38(24-21-34)39-25-22-35(26-37(39)8-2)18-19-36(27-45-40(43)29(3)4)28-46-41(44)30(5)31(6)42/h12-15,20-26,31,36,42H,3,5,7-11,16-19,27-28H2,1-2,4,6H3. The molecule has 2 atom stereocenters. The van der Waals surface area contributed by atoms with Gasteiger partial charge in [-0.15, -0.1) is 0 Å². The van der Waals surface area contributed by atoms with Crippen molar-refractivity contribution >= 4 is 11.9 Å². The fraction of sp³-hybridized carbons (Fsp3) is 0.415. The molecule has 0 amide bonds. The summed E-state index contributed by atoms with van der Waals surface area (Å²) < 4.78 is 10.8. The van der Waals surface area contributed by atoms with Crippen molar-refractivity contribution in [3.8, 4) is 11.1 Å². The van der Waals surface area contributed by atoms with Crippen LogP contribution in [-0.4, -0.2) is 36.4 Å². The van der Waals surface area contributed by atoms with E-state index < -0.39 is 18.0 Å². The topological polar surface area (TPSA) is 72.8 Å². The van der Waals surface area contributed by atoms with Crippen LogP contribution < -0.4 is 0 Å². The highest BCUT2D eigenvalue weighted by Gasteiger charge is 2.19. The van der Waals surface area contributed by atoms with Crippen molar-refractivity contribution in [3.05, 3.63) is 119 Å². The molecule has 246 valence electrons. The van der Waals surface area contributed by atoms with Crippen LogP contribution in [0.5, 0.6) is 0 Å². The van der Waals surface area contributed by atoms with Gasteiger partial charge in [0, 0.05) is 11.5 Å². The van der Waals surface area contributed by atoms with E-state index in [2.05, 4.69) is 93.7 Å². The van der Waals surface area contributed by atoms with Gasteiger partial charge in [0.2, 0.25) is 0 Å². The Hall–Kier alpha value is -3.96. The number of rotatable bonds is 19. The van der Waals surface area contributed by atoms with E-state index in [1.54, 1.807) is 6.92 Å². The second kappa shape index (κ2) is 18.9. The molecule has 3 aromatic carbocycles. The molecule has 3 aromatic rings. The molecule has 3 rings (SSSR count). The number of esters is 2. The molecule has 0 aliphatic rings. The number of hydrogen-bond donors (Lipinski definition) is 1. The van der Waals surface area contributed by atoms with Crippen LogP contribution >= 0.6 is 0 Å². The zero-order valence-electron chi connectivity index (χ0n) is 28.3. The second-order valence-electron chi connectivity index (χ2n) is 12.4. The largest absolute Gasteiger partial charge is 0.462 e. The first-order valence-electron chi connectivity index (χ1n) is 16.8. The fourth-order valence-corrected chi connectivity index (χ4v) is 5.33. The highest BCUT2D eigenvalue weighted by atomic mass is 16.5. The lowest BCUT2D eigenvalue weighted by Crippen LogP contribution is -2.24. The van der Waals surface area contributed by atoms with Crippen molar-refractivity contribution in [2.24, 2.45) is 5.92 Å². The highest BCUT2D eigenvalue weighted by Crippen LogP contribution is 2.27. The van der Waals surface area contributed by atoms with Gasteiger partial charge >= 0.3 is 11.9 Å². The van der Waals surface area contributed by atoms with Gasteiger partial charge < -0.3 is 14.6 Å². The Morgan fingerprint density at radius 3 is 1.83 bits per heavy atom. The third kappa shape index (κ3) is 11.8. The van der Waals surface area contributed by atoms with Crippen LogP contribution in [0.3, 0.4) is 0 Å². The quantitative estimate of drug-likeness (QED) is 0.0822. The van der Waals surface area contributed by atoms with Gasteiger partial charge in [0.05, 0.1) is 24.9 Å². The molecule has 0 aromatic heterocycles. The molecular formula is C41H52O5. The average molecular weight is 625 g/mol. The maximum Gasteiger partial charge on any atom is 0.336 e. The van der Waals surface area contributed by atoms with Crippen molar-refractivity contribution in [2.75, 3.05) is 13.2 Å². The zero-order chi connectivity index (χ0) is 33.5. The summed E-state index contributed by atoms with van der Waals surface area (Å²) in [4.78, 5) is 24.2. The number of carbonyl (C=O) groups is 2. The van der Waals surface area contributed by atoms with E-state index in [1.165, 1.54) is 71.6 Å². The smallest absolute Gasteiger partial charge is 0.336 e. The van der Waals surface area contributed by atoms with Gasteiger partial charge in [0.25, 0.3) is 0 Å². The van der Waals surface area contributed by atoms with E-state index in [1.807, 2.05) is 0 Å². The van der Waals surface area contributed by atoms with Crippen LogP contribution in [0.4, 0.5) is 0 Å². The van der Waals surface area contributed by atoms with E-state index in [0.717, 1.165) is 25.7 Å². The van der Waals surface area contributed by atoms with E-state index in [9.17, 15) is 14.7 Å². The number of aliphatic hydroxyl groups excluding tert-OH is 1. The van der Waals surface area contributed by atoms with E-state index in [0.29, 0.717) is 12.0 Å². The average Bonchev–Trinajstić information content (AvgIpc) is 3.07. The number of aliphatic hydroxyl groups is 1. The van der Waals surface area contributed by atoms with Crippen LogP contribution in [0.2, 0.25) is 0 Å². The molecule has 0 aliphatic heterocycles. The summed E-state index contributed by atoms with van der Waals surface area (Å²) in [7, 11) is 0. The molecule has 0 aliphatic carbocycles. The summed E-state index contributed by atoms with van der Waals surface area (Å²) >= 11 is 0. The Labute approximate surface area is 276 Å². The van der Waals surface area contributed by atoms with Gasteiger partial charge in [-0.2, -0.15) is 0 Å². The zero-order valence-corrected chi connectivity index (χ0v) is 28.3. The Balaban J connectivity index is 1.60. The first-order chi connectivity index (χ1) is 22.1. The lowest BCUT2D eigenvalue weighted by Gasteiger charge is -2.19. The summed E-state index contributed by atoms with van der Waals surface area (Å²) in [5, 5.41) is 9.63. The number of carbonyl (C=O) groups excluding carboxylic acids is 2. The molecule has 0 bridgehead atoms. The third-order valence-electron chi connectivity index (χ3n) is 8.47. The van der Waals surface area contributed by atoms with Gasteiger partial charge in [0.15, 0.2) is 0 Å². The molecule has 0 saturated heterocycles. The van der Waals surface area contributed by atoms with Crippen LogP contribution in [0.15, 0.2) is 91.0 Å². The Kier molecular flexibility index (Phi) is 15.0. The monoisotopic (exact) mass is 624 g/mol. The maximum absolute atomic E-state index is 12.2. The van der Waals surface area contributed by atoms with Gasteiger partial charge in [0.1, 0.15) is 0 Å². The minimum absolute atomic E-state index is 0.00307. The summed E-state index contributed by atoms with van der Waals surface area (Å²) in [5.41, 5.74) is 9.35. The van der Waals surface area contributed by atoms with Crippen molar-refractivity contribution in [3.63, 3.8) is 0 Å². The SMILES string of the molecule is C=C(C)C(=O)OCC(CCc1ccc(-c2ccc(CCc3ccc(CCCCC)cc3)cc2)c(CC)c1)COC(=O)C(=C)C(C)O. The van der Waals surface area contributed by atoms with Crippen LogP contribution in [0, 0.1) is 5.92 Å². The van der Waals surface area contributed by atoms with Gasteiger partial charge in [-0.05, 0) is 97.7 Å². The van der Waals surface area contributed by atoms with Gasteiger partial charge in [-0.1, -0.05) is 107 Å². The minimum Gasteiger partial charge on any atom is -0.462 e. The molecule has 5 nitrogen and oxygen atoms in total. The van der Waals surface area contributed by atoms with Crippen LogP contribution in [0.1, 0.15) is 81.2 Å². The molecule has 0 radical (unpaired) electrons. The number of aryl methyl sites for hydroxylation is 5. The number of unbranched alkanes of at least 4 members (excludes halogenated alkanes) is 2. The lowest BCUT2D eigenvalue weighted by molar-refractivity contribution is -0.144. The van der Waals surface area contributed by atoms with Crippen molar-refractivity contribution < 1.29 is 24.2 Å². The molecule has 0 fully saturated rings. The van der Waals surface area contributed by atoms with Crippen molar-refractivity contribution in [2.45, 2.75) is 91.6 Å². The van der Waals surface area contributed by atoms with E-state index in [4.69, 9.17) is 9.47 Å². The molecular weight excluding hydrogens is 572 g/mol. The Bertz CT molecular complexity index is 1430. The van der Waals surface area contributed by atoms with E-state index in [-0.39, 0.29) is 24.7 Å². The van der Waals surface area contributed by atoms with Gasteiger partial charge in [-0.25, -0.2) is 9.59 Å². The summed E-state index contributed by atoms with van der Waals surface area (Å²) in [6.45, 7) is 14.9. The first kappa shape index (κ1) is 36.5. The van der Waals surface area contributed by atoms with Gasteiger partial charge in [-0.3, -0.25) is 0 Å². The second-order valence-corrected chi connectivity index (χ2v) is 12.4. The molecule has 2 unspecified atom stereocenters. The lowest BCUT2D eigenvalue weighted by atomic mass is 9.92. The summed E-state index contributed by atoms with van der Waals surface area (Å²) in [6.07, 6.45) is 8.33. The predicted octanol–water partition coefficient (Wildman–Crippen LogP) is 8.58. The third-order valence-corrected chi connectivity index (χ3v) is 8.47. The minimum atomic E-state index is -0.989. The maximum atomic E-state index is 12.2. The summed E-state index contributed by atoms with van der Waals surface area (Å²) in [5.74, 6) is -1.34. The molecule has 0 heterocycles. The molecule has 0 spiro atoms. The Morgan fingerprint density at radius 2 is 1.28 bits per heavy atom. The molecule has 0 saturated carbocycles. The number of ether oxygens (including phenoxy) is 2. The Morgan fingerprint density at radius 1 is 0.739 bits per heavy atom. The molecule has 1 N–H and O–H groups in total. The van der Waals surface area contributed by atoms with Crippen LogP contribution in [-0.2, 0) is 51.2 Å². The number of hydrogen-bond acceptors (Lipinski definition) is 5. The molecule has 46 heavy (non-hydrogen) atoms. The highest BCUT2D eigenvalue weighted by molar-refractivity contribution is 5.88. The van der Waals surface area contributed by atoms with E-state index >= 15 is 0 Å². The first-order valence-corrected chi connectivity index (χ1v) is 16.8. The number of benzene rings is 3. The van der Waals surface area contributed by atoms with Crippen molar-refractivity contribution in [1.29, 1.82) is 0 Å². The predicted molar refractivity (Wildman–Crippen MR) is 188 cm³/mol. The fourth-order valence-electron chi connectivity index (χ4n) is 5.33. The molecule has 5 heteroatoms.